The zero-order valence-corrected chi connectivity index (χ0v) is 14.3. The van der Waals surface area contributed by atoms with E-state index in [9.17, 15) is 0 Å². The predicted molar refractivity (Wildman–Crippen MR) is 36.6 cm³/mol. The average Bonchev–Trinajstić information content (AvgIpc) is 2.05. The molecule has 6 heteroatoms. The maximum atomic E-state index is 8.33. The second kappa shape index (κ2) is 14.3. The first kappa shape index (κ1) is 20.6. The molecular weight excluding hydrogens is 236 g/mol. The van der Waals surface area contributed by atoms with Gasteiger partial charge in [-0.05, 0) is 18.3 Å². The van der Waals surface area contributed by atoms with Crippen molar-refractivity contribution in [2.75, 3.05) is 0 Å². The molecule has 0 aliphatic rings. The van der Waals surface area contributed by atoms with Crippen LogP contribution in [0.2, 0.25) is 0 Å². The maximum absolute atomic E-state index is 8.33. The Morgan fingerprint density at radius 3 is 1.71 bits per heavy atom. The minimum absolute atomic E-state index is 0. The fourth-order valence-electron chi connectivity index (χ4n) is 0.513. The Labute approximate surface area is 167 Å². The summed E-state index contributed by atoms with van der Waals surface area (Å²) >= 11 is 0. The Bertz CT molecular complexity index is 280. The van der Waals surface area contributed by atoms with Gasteiger partial charge in [0.05, 0.1) is 11.6 Å². The molecule has 0 unspecified atom stereocenters. The summed E-state index contributed by atoms with van der Waals surface area (Å²) in [5, 5.41) is 25.0. The summed E-state index contributed by atoms with van der Waals surface area (Å²) in [6, 6.07) is 11.2. The topological polar surface area (TPSA) is 87.0 Å². The van der Waals surface area contributed by atoms with E-state index in [1.54, 1.807) is 12.1 Å². The van der Waals surface area contributed by atoms with Crippen LogP contribution in [-0.4, -0.2) is 6.16 Å². The van der Waals surface area contributed by atoms with Gasteiger partial charge in [-0.1, -0.05) is 18.2 Å². The molecule has 1 aromatic carbocycles. The molecule has 0 bridgehead atoms. The van der Waals surface area contributed by atoms with Gasteiger partial charge in [0.1, 0.15) is 0 Å². The van der Waals surface area contributed by atoms with Crippen LogP contribution in [0.4, 0.5) is 4.79 Å². The van der Waals surface area contributed by atoms with Gasteiger partial charge in [0, 0.05) is 0 Å². The van der Waals surface area contributed by atoms with E-state index >= 15 is 0 Å². The van der Waals surface area contributed by atoms with Crippen LogP contribution in [0.5, 0.6) is 0 Å². The quantitative estimate of drug-likeness (QED) is 0.422. The van der Waals surface area contributed by atoms with E-state index < -0.39 is 6.16 Å². The molecule has 14 heavy (non-hydrogen) atoms. The first-order chi connectivity index (χ1) is 5.66. The SMILES string of the molecule is N#Cc1ccccc1.O=C([O-])[O-].[K+].[K+]. The van der Waals surface area contributed by atoms with E-state index in [0.717, 1.165) is 0 Å². The van der Waals surface area contributed by atoms with Crippen molar-refractivity contribution < 1.29 is 118 Å². The van der Waals surface area contributed by atoms with Gasteiger partial charge in [0.25, 0.3) is 0 Å². The van der Waals surface area contributed by atoms with Gasteiger partial charge < -0.3 is 15.0 Å². The molecule has 0 atom stereocenters. The molecule has 1 aromatic rings. The van der Waals surface area contributed by atoms with Crippen LogP contribution in [0, 0.1) is 11.3 Å². The smallest absolute Gasteiger partial charge is 0.652 e. The minimum Gasteiger partial charge on any atom is -0.652 e. The first-order valence-corrected chi connectivity index (χ1v) is 3.00. The van der Waals surface area contributed by atoms with Gasteiger partial charge in [0.15, 0.2) is 0 Å². The average molecular weight is 241 g/mol. The van der Waals surface area contributed by atoms with Crippen LogP contribution in [0.15, 0.2) is 30.3 Å². The molecule has 1 rings (SSSR count). The number of carboxylic acid groups (broad SMARTS) is 2. The maximum Gasteiger partial charge on any atom is 1.00 e. The van der Waals surface area contributed by atoms with E-state index in [4.69, 9.17) is 20.3 Å². The largest absolute Gasteiger partial charge is 1.00 e. The van der Waals surface area contributed by atoms with E-state index in [1.165, 1.54) is 0 Å². The number of rotatable bonds is 0. The number of nitrogens with zero attached hydrogens (tertiary/aromatic N) is 1. The van der Waals surface area contributed by atoms with E-state index in [2.05, 4.69) is 0 Å². The summed E-state index contributed by atoms with van der Waals surface area (Å²) in [6.45, 7) is 0. The summed E-state index contributed by atoms with van der Waals surface area (Å²) in [5.41, 5.74) is 0.715. The summed E-state index contributed by atoms with van der Waals surface area (Å²) in [4.78, 5) is 8.33. The molecule has 0 spiro atoms. The summed E-state index contributed by atoms with van der Waals surface area (Å²) < 4.78 is 0. The van der Waals surface area contributed by atoms with Gasteiger partial charge in [0.2, 0.25) is 0 Å². The van der Waals surface area contributed by atoms with Gasteiger partial charge in [-0.2, -0.15) is 5.26 Å². The van der Waals surface area contributed by atoms with Crippen LogP contribution in [-0.2, 0) is 0 Å². The molecule has 4 nitrogen and oxygen atoms in total. The normalized spacial score (nSPS) is 6.21. The Morgan fingerprint density at radius 2 is 1.50 bits per heavy atom. The number of hydrogen-bond donors (Lipinski definition) is 0. The third-order valence-corrected chi connectivity index (χ3v) is 0.903. The van der Waals surface area contributed by atoms with Crippen molar-refractivity contribution in [2.45, 2.75) is 0 Å². The van der Waals surface area contributed by atoms with Crippen LogP contribution < -0.4 is 113 Å². The zero-order chi connectivity index (χ0) is 9.40. The Balaban J connectivity index is -0.000000180. The van der Waals surface area contributed by atoms with E-state index in [-0.39, 0.29) is 103 Å². The van der Waals surface area contributed by atoms with Crippen molar-refractivity contribution in [1.82, 2.24) is 0 Å². The third-order valence-electron chi connectivity index (χ3n) is 0.903. The van der Waals surface area contributed by atoms with Crippen molar-refractivity contribution in [3.05, 3.63) is 35.9 Å². The van der Waals surface area contributed by atoms with Crippen LogP contribution >= 0.6 is 0 Å². The number of hydrogen-bond acceptors (Lipinski definition) is 4. The summed E-state index contributed by atoms with van der Waals surface area (Å²) in [5.74, 6) is 0. The zero-order valence-electron chi connectivity index (χ0n) is 8.06. The van der Waals surface area contributed by atoms with Crippen molar-refractivity contribution >= 4 is 6.16 Å². The predicted octanol–water partition coefficient (Wildman–Crippen LogP) is -6.88. The van der Waals surface area contributed by atoms with E-state index in [0.29, 0.717) is 5.56 Å². The molecule has 0 aliphatic heterocycles. The summed E-state index contributed by atoms with van der Waals surface area (Å²) in [6.07, 6.45) is -2.33. The molecule has 62 valence electrons. The molecule has 0 heterocycles. The standard InChI is InChI=1S/C7H5N.CH2O3.2K/c8-6-7-4-2-1-3-5-7;2-1(3)4;;/h1-5H;(H2,2,3,4);;/q;;2*+1/p-2. The van der Waals surface area contributed by atoms with Crippen molar-refractivity contribution in [1.29, 1.82) is 5.26 Å². The molecule has 0 saturated heterocycles. The summed E-state index contributed by atoms with van der Waals surface area (Å²) in [7, 11) is 0. The van der Waals surface area contributed by atoms with Gasteiger partial charge in [-0.25, -0.2) is 0 Å². The Hall–Kier alpha value is 1.25. The molecule has 0 saturated carbocycles. The Kier molecular flexibility index (Phi) is 21.0. The fourth-order valence-corrected chi connectivity index (χ4v) is 0.513. The molecule has 0 fully saturated rings. The minimum atomic E-state index is -2.33. The van der Waals surface area contributed by atoms with Gasteiger partial charge >= 0.3 is 103 Å². The molecule has 0 aromatic heterocycles. The first-order valence-electron chi connectivity index (χ1n) is 3.00. The van der Waals surface area contributed by atoms with Gasteiger partial charge in [-0.3, -0.25) is 0 Å². The Morgan fingerprint density at radius 1 is 1.14 bits per heavy atom. The van der Waals surface area contributed by atoms with Crippen molar-refractivity contribution in [3.8, 4) is 6.07 Å². The van der Waals surface area contributed by atoms with E-state index in [1.807, 2.05) is 24.3 Å². The van der Waals surface area contributed by atoms with Crippen LogP contribution in [0.25, 0.3) is 0 Å². The van der Waals surface area contributed by atoms with Crippen molar-refractivity contribution in [3.63, 3.8) is 0 Å². The molecule has 0 amide bonds. The van der Waals surface area contributed by atoms with Crippen LogP contribution in [0.3, 0.4) is 0 Å². The molecule has 0 radical (unpaired) electrons. The second-order valence-electron chi connectivity index (χ2n) is 1.73. The fraction of sp³-hybridized carbons (Fsp3) is 0. The number of nitriles is 1. The van der Waals surface area contributed by atoms with Gasteiger partial charge in [-0.15, -0.1) is 0 Å². The molecule has 0 N–H and O–H groups in total. The third kappa shape index (κ3) is 15.7. The monoisotopic (exact) mass is 241 g/mol. The number of carbonyl (C=O) groups is 1. The molecule has 0 aliphatic carbocycles. The number of carbonyl (C=O) groups excluding carboxylic acids is 1. The number of benzene rings is 1. The van der Waals surface area contributed by atoms with Crippen molar-refractivity contribution in [2.24, 2.45) is 0 Å². The van der Waals surface area contributed by atoms with Crippen LogP contribution in [0.1, 0.15) is 5.56 Å². The second-order valence-corrected chi connectivity index (χ2v) is 1.73. The molecular formula is C8H5K2NO3.